The first kappa shape index (κ1) is 15.2. The second kappa shape index (κ2) is 6.33. The Labute approximate surface area is 117 Å². The minimum atomic E-state index is -0.432. The molecule has 2 aromatic rings. The number of hydrogen-bond donors (Lipinski definition) is 2. The molecule has 0 radical (unpaired) electrons. The number of nitrogens with one attached hydrogen (secondary N) is 1. The maximum absolute atomic E-state index is 10.9. The van der Waals surface area contributed by atoms with E-state index in [-0.39, 0.29) is 18.2 Å². The number of benzene rings is 1. The quantitative estimate of drug-likeness (QED) is 0.908. The Bertz CT molecular complexity index is 581. The Morgan fingerprint density at radius 1 is 1.47 bits per heavy atom. The van der Waals surface area contributed by atoms with Gasteiger partial charge in [0, 0.05) is 30.7 Å². The lowest BCUT2D eigenvalue weighted by Gasteiger charge is -2.02. The van der Waals surface area contributed by atoms with Gasteiger partial charge < -0.3 is 19.7 Å². The number of alkyl carbamates (subject to hydrolysis) is 1. The van der Waals surface area contributed by atoms with Crippen LogP contribution in [0.3, 0.4) is 0 Å². The number of phenols is 1. The number of fused-ring (bicyclic) bond motifs is 1. The molecule has 1 amide bonds. The van der Waals surface area contributed by atoms with Gasteiger partial charge in [0.25, 0.3) is 0 Å². The minimum Gasteiger partial charge on any atom is -0.508 e. The van der Waals surface area contributed by atoms with Crippen LogP contribution in [0.25, 0.3) is 10.9 Å². The van der Waals surface area contributed by atoms with Gasteiger partial charge >= 0.3 is 6.09 Å². The topological polar surface area (TPSA) is 63.5 Å². The smallest absolute Gasteiger partial charge is 0.406 e. The molecule has 1 aromatic carbocycles. The summed E-state index contributed by atoms with van der Waals surface area (Å²) in [7, 11) is 3.29. The molecule has 0 spiro atoms. The van der Waals surface area contributed by atoms with Crippen molar-refractivity contribution in [3.05, 3.63) is 30.0 Å². The van der Waals surface area contributed by atoms with Crippen LogP contribution in [0.15, 0.2) is 24.4 Å². The normalized spacial score (nSPS) is 10.0. The van der Waals surface area contributed by atoms with Crippen LogP contribution >= 0.6 is 12.4 Å². The van der Waals surface area contributed by atoms with Gasteiger partial charge in [0.05, 0.1) is 7.11 Å². The van der Waals surface area contributed by atoms with Crippen LogP contribution in [0.5, 0.6) is 5.75 Å². The number of amides is 1. The van der Waals surface area contributed by atoms with E-state index in [1.165, 1.54) is 7.11 Å². The van der Waals surface area contributed by atoms with Crippen LogP contribution in [-0.4, -0.2) is 29.4 Å². The SMILES string of the molecule is COC(=O)NCCc1cn(C)c2ccc(O)cc12.Cl. The van der Waals surface area contributed by atoms with Gasteiger partial charge in [-0.15, -0.1) is 12.4 Å². The summed E-state index contributed by atoms with van der Waals surface area (Å²) in [6.07, 6.45) is 2.26. The van der Waals surface area contributed by atoms with Crippen molar-refractivity contribution in [1.82, 2.24) is 9.88 Å². The second-order valence-corrected chi connectivity index (χ2v) is 4.14. The molecule has 0 aliphatic carbocycles. The molecule has 1 aromatic heterocycles. The lowest BCUT2D eigenvalue weighted by molar-refractivity contribution is 0.171. The molecule has 1 heterocycles. The summed E-state index contributed by atoms with van der Waals surface area (Å²) in [6.45, 7) is 0.501. The predicted octanol–water partition coefficient (Wildman–Crippen LogP) is 2.20. The van der Waals surface area contributed by atoms with Crippen molar-refractivity contribution in [2.24, 2.45) is 7.05 Å². The zero-order valence-corrected chi connectivity index (χ0v) is 11.7. The van der Waals surface area contributed by atoms with Gasteiger partial charge in [0.1, 0.15) is 5.75 Å². The van der Waals surface area contributed by atoms with Crippen molar-refractivity contribution in [1.29, 1.82) is 0 Å². The van der Waals surface area contributed by atoms with Crippen molar-refractivity contribution in [2.75, 3.05) is 13.7 Å². The molecule has 0 bridgehead atoms. The summed E-state index contributed by atoms with van der Waals surface area (Å²) >= 11 is 0. The molecule has 0 aliphatic heterocycles. The van der Waals surface area contributed by atoms with Crippen molar-refractivity contribution in [3.63, 3.8) is 0 Å². The Morgan fingerprint density at radius 2 is 2.21 bits per heavy atom. The molecule has 0 fully saturated rings. The van der Waals surface area contributed by atoms with Crippen LogP contribution < -0.4 is 5.32 Å². The average Bonchev–Trinajstić information content (AvgIpc) is 2.65. The first-order valence-corrected chi connectivity index (χ1v) is 5.70. The van der Waals surface area contributed by atoms with E-state index >= 15 is 0 Å². The number of aryl methyl sites for hydroxylation is 1. The molecule has 104 valence electrons. The molecular formula is C13H17ClN2O3. The molecule has 0 atom stereocenters. The van der Waals surface area contributed by atoms with Crippen LogP contribution in [0.2, 0.25) is 0 Å². The van der Waals surface area contributed by atoms with Gasteiger partial charge in [0.15, 0.2) is 0 Å². The fourth-order valence-electron chi connectivity index (χ4n) is 2.03. The van der Waals surface area contributed by atoms with Gasteiger partial charge in [-0.25, -0.2) is 4.79 Å². The number of carbonyl (C=O) groups is 1. The largest absolute Gasteiger partial charge is 0.508 e. The number of phenolic OH excluding ortho intramolecular Hbond substituents is 1. The highest BCUT2D eigenvalue weighted by Crippen LogP contribution is 2.24. The fourth-order valence-corrected chi connectivity index (χ4v) is 2.03. The highest BCUT2D eigenvalue weighted by atomic mass is 35.5. The summed E-state index contributed by atoms with van der Waals surface area (Å²) < 4.78 is 6.51. The molecule has 0 saturated heterocycles. The van der Waals surface area contributed by atoms with Crippen molar-refractivity contribution in [3.8, 4) is 5.75 Å². The van der Waals surface area contributed by atoms with Gasteiger partial charge in [-0.05, 0) is 30.2 Å². The van der Waals surface area contributed by atoms with Gasteiger partial charge in [-0.2, -0.15) is 0 Å². The number of carbonyl (C=O) groups excluding carboxylic acids is 1. The van der Waals surface area contributed by atoms with Gasteiger partial charge in [-0.1, -0.05) is 0 Å². The van der Waals surface area contributed by atoms with E-state index in [0.29, 0.717) is 13.0 Å². The first-order valence-electron chi connectivity index (χ1n) is 5.70. The van der Waals surface area contributed by atoms with Crippen LogP contribution in [-0.2, 0) is 18.2 Å². The molecule has 0 unspecified atom stereocenters. The highest BCUT2D eigenvalue weighted by molar-refractivity contribution is 5.85. The third-order valence-corrected chi connectivity index (χ3v) is 2.90. The molecule has 2 rings (SSSR count). The van der Waals surface area contributed by atoms with Crippen LogP contribution in [0.1, 0.15) is 5.56 Å². The third-order valence-electron chi connectivity index (χ3n) is 2.90. The Morgan fingerprint density at radius 3 is 2.89 bits per heavy atom. The maximum atomic E-state index is 10.9. The first-order chi connectivity index (χ1) is 8.61. The molecule has 19 heavy (non-hydrogen) atoms. The second-order valence-electron chi connectivity index (χ2n) is 4.14. The predicted molar refractivity (Wildman–Crippen MR) is 75.9 cm³/mol. The van der Waals surface area contributed by atoms with Crippen molar-refractivity contribution >= 4 is 29.4 Å². The molecular weight excluding hydrogens is 268 g/mol. The fraction of sp³-hybridized carbons (Fsp3) is 0.308. The number of methoxy groups -OCH3 is 1. The Balaban J connectivity index is 0.00000180. The number of rotatable bonds is 3. The van der Waals surface area contributed by atoms with E-state index in [4.69, 9.17) is 0 Å². The average molecular weight is 285 g/mol. The molecule has 2 N–H and O–H groups in total. The Hall–Kier alpha value is -1.88. The summed E-state index contributed by atoms with van der Waals surface area (Å²) in [4.78, 5) is 10.9. The third kappa shape index (κ3) is 3.32. The van der Waals surface area contributed by atoms with E-state index in [2.05, 4.69) is 10.1 Å². The number of halogens is 1. The van der Waals surface area contributed by atoms with Crippen molar-refractivity contribution < 1.29 is 14.6 Å². The minimum absolute atomic E-state index is 0. The van der Waals surface area contributed by atoms with E-state index in [1.54, 1.807) is 12.1 Å². The van der Waals surface area contributed by atoms with Crippen LogP contribution in [0.4, 0.5) is 4.79 Å². The zero-order chi connectivity index (χ0) is 13.1. The number of aromatic nitrogens is 1. The summed E-state index contributed by atoms with van der Waals surface area (Å²) in [5.74, 6) is 0.246. The number of hydrogen-bond acceptors (Lipinski definition) is 3. The highest BCUT2D eigenvalue weighted by Gasteiger charge is 2.07. The lowest BCUT2D eigenvalue weighted by atomic mass is 10.1. The lowest BCUT2D eigenvalue weighted by Crippen LogP contribution is -2.25. The molecule has 0 saturated carbocycles. The Kier molecular flexibility index (Phi) is 5.06. The monoisotopic (exact) mass is 284 g/mol. The van der Waals surface area contributed by atoms with E-state index in [9.17, 15) is 9.90 Å². The number of aromatic hydroxyl groups is 1. The van der Waals surface area contributed by atoms with E-state index < -0.39 is 6.09 Å². The summed E-state index contributed by atoms with van der Waals surface area (Å²) in [6, 6.07) is 5.28. The van der Waals surface area contributed by atoms with Gasteiger partial charge in [0.2, 0.25) is 0 Å². The standard InChI is InChI=1S/C13H16N2O3.ClH/c1-15-8-9(5-6-14-13(17)18-2)11-7-10(16)3-4-12(11)15;/h3-4,7-8,16H,5-6H2,1-2H3,(H,14,17);1H. The summed E-state index contributed by atoms with van der Waals surface area (Å²) in [5.41, 5.74) is 2.14. The van der Waals surface area contributed by atoms with Crippen LogP contribution in [0, 0.1) is 0 Å². The van der Waals surface area contributed by atoms with Crippen molar-refractivity contribution in [2.45, 2.75) is 6.42 Å². The van der Waals surface area contributed by atoms with E-state index in [1.807, 2.05) is 23.9 Å². The maximum Gasteiger partial charge on any atom is 0.406 e. The van der Waals surface area contributed by atoms with E-state index in [0.717, 1.165) is 16.5 Å². The molecule has 6 heteroatoms. The zero-order valence-electron chi connectivity index (χ0n) is 10.8. The summed E-state index contributed by atoms with van der Waals surface area (Å²) in [5, 5.41) is 13.2. The van der Waals surface area contributed by atoms with Gasteiger partial charge in [-0.3, -0.25) is 0 Å². The molecule has 5 nitrogen and oxygen atoms in total. The number of nitrogens with zero attached hydrogens (tertiary/aromatic N) is 1. The number of ether oxygens (including phenoxy) is 1. The molecule has 0 aliphatic rings.